The maximum absolute atomic E-state index is 13.0. The zero-order valence-corrected chi connectivity index (χ0v) is 23.1. The molecule has 0 aliphatic carbocycles. The van der Waals surface area contributed by atoms with Crippen molar-refractivity contribution in [2.75, 3.05) is 7.11 Å². The van der Waals surface area contributed by atoms with E-state index >= 15 is 0 Å². The third kappa shape index (κ3) is 5.26. The SMILES string of the molecule is COc1ccc(B2OC(C)(C)C(C)(C)O2)cc1CN1Cc2cc(OCc3ccccc3)ccc2OS1(=O)=O. The molecule has 8 nitrogen and oxygen atoms in total. The largest absolute Gasteiger partial charge is 0.496 e. The van der Waals surface area contributed by atoms with Crippen LogP contribution in [0.4, 0.5) is 0 Å². The molecule has 3 aromatic carbocycles. The Labute approximate surface area is 224 Å². The van der Waals surface area contributed by atoms with Crippen molar-refractivity contribution in [2.24, 2.45) is 0 Å². The predicted molar refractivity (Wildman–Crippen MR) is 145 cm³/mol. The molecule has 5 rings (SSSR count). The van der Waals surface area contributed by atoms with Crippen LogP contribution >= 0.6 is 0 Å². The molecule has 0 atom stereocenters. The van der Waals surface area contributed by atoms with Crippen LogP contribution in [-0.2, 0) is 39.3 Å². The van der Waals surface area contributed by atoms with E-state index in [0.717, 1.165) is 11.0 Å². The molecule has 2 aliphatic rings. The highest BCUT2D eigenvalue weighted by Gasteiger charge is 2.51. The first kappa shape index (κ1) is 26.6. The molecule has 10 heteroatoms. The molecule has 200 valence electrons. The highest BCUT2D eigenvalue weighted by Crippen LogP contribution is 2.37. The summed E-state index contributed by atoms with van der Waals surface area (Å²) in [7, 11) is -3.05. The van der Waals surface area contributed by atoms with Crippen LogP contribution in [0.1, 0.15) is 44.4 Å². The molecule has 1 fully saturated rings. The molecular weight excluding hydrogens is 505 g/mol. The minimum atomic E-state index is -4.02. The predicted octanol–water partition coefficient (Wildman–Crippen LogP) is 4.21. The van der Waals surface area contributed by atoms with E-state index in [0.29, 0.717) is 35.0 Å². The minimum Gasteiger partial charge on any atom is -0.496 e. The van der Waals surface area contributed by atoms with E-state index < -0.39 is 28.6 Å². The first-order valence-electron chi connectivity index (χ1n) is 12.5. The van der Waals surface area contributed by atoms with E-state index in [9.17, 15) is 8.42 Å². The molecule has 0 spiro atoms. The zero-order valence-electron chi connectivity index (χ0n) is 22.3. The van der Waals surface area contributed by atoms with E-state index in [4.69, 9.17) is 23.0 Å². The topological polar surface area (TPSA) is 83.5 Å². The average Bonchev–Trinajstić information content (AvgIpc) is 3.10. The third-order valence-corrected chi connectivity index (χ3v) is 8.60. The molecule has 3 aromatic rings. The van der Waals surface area contributed by atoms with Gasteiger partial charge in [0.2, 0.25) is 0 Å². The third-order valence-electron chi connectivity index (χ3n) is 7.31. The van der Waals surface area contributed by atoms with Gasteiger partial charge in [0.25, 0.3) is 0 Å². The Bertz CT molecular complexity index is 1410. The Kier molecular flexibility index (Phi) is 6.94. The molecule has 0 N–H and O–H groups in total. The standard InChI is InChI=1S/C28H32BNO7S/c1-27(2)28(3,4)37-29(36-27)23-11-13-25(33-5)21(15-23)17-30-18-22-16-24(12-14-26(22)35-38(30,31)32)34-19-20-9-7-6-8-10-20/h6-16H,17-19H2,1-5H3. The van der Waals surface area contributed by atoms with Crippen LogP contribution in [0.15, 0.2) is 66.7 Å². The molecule has 0 radical (unpaired) electrons. The van der Waals surface area contributed by atoms with Gasteiger partial charge in [-0.15, -0.1) is 0 Å². The highest BCUT2D eigenvalue weighted by atomic mass is 32.2. The first-order valence-corrected chi connectivity index (χ1v) is 13.9. The fraction of sp³-hybridized carbons (Fsp3) is 0.357. The lowest BCUT2D eigenvalue weighted by Gasteiger charge is -2.32. The van der Waals surface area contributed by atoms with E-state index in [1.807, 2.05) is 76.2 Å². The van der Waals surface area contributed by atoms with Gasteiger partial charge in [0.05, 0.1) is 18.3 Å². The molecule has 0 unspecified atom stereocenters. The van der Waals surface area contributed by atoms with Gasteiger partial charge >= 0.3 is 17.4 Å². The normalized spacial score (nSPS) is 19.4. The lowest BCUT2D eigenvalue weighted by molar-refractivity contribution is 0.00578. The Morgan fingerprint density at radius 3 is 2.34 bits per heavy atom. The second-order valence-corrected chi connectivity index (χ2v) is 12.1. The van der Waals surface area contributed by atoms with Crippen molar-refractivity contribution in [1.29, 1.82) is 0 Å². The molecule has 0 saturated carbocycles. The van der Waals surface area contributed by atoms with E-state index in [2.05, 4.69) is 0 Å². The fourth-order valence-corrected chi connectivity index (χ4v) is 5.49. The quantitative estimate of drug-likeness (QED) is 0.418. The van der Waals surface area contributed by atoms with Gasteiger partial charge in [0.1, 0.15) is 23.9 Å². The summed E-state index contributed by atoms with van der Waals surface area (Å²) in [5.74, 6) is 1.49. The second-order valence-electron chi connectivity index (χ2n) is 10.5. The summed E-state index contributed by atoms with van der Waals surface area (Å²) in [6.07, 6.45) is 0. The van der Waals surface area contributed by atoms with Crippen LogP contribution in [0.2, 0.25) is 0 Å². The summed E-state index contributed by atoms with van der Waals surface area (Å²) in [5.41, 5.74) is 2.22. The summed E-state index contributed by atoms with van der Waals surface area (Å²) >= 11 is 0. The summed E-state index contributed by atoms with van der Waals surface area (Å²) in [5, 5.41) is 0. The fourth-order valence-electron chi connectivity index (χ4n) is 4.40. The van der Waals surface area contributed by atoms with Crippen LogP contribution in [0.25, 0.3) is 0 Å². The summed E-state index contributed by atoms with van der Waals surface area (Å²) in [6, 6.07) is 20.5. The number of rotatable bonds is 7. The Morgan fingerprint density at radius 2 is 1.66 bits per heavy atom. The maximum Gasteiger partial charge on any atom is 0.494 e. The van der Waals surface area contributed by atoms with Gasteiger partial charge in [-0.2, -0.15) is 12.7 Å². The maximum atomic E-state index is 13.0. The molecular formula is C28H32BNO7S. The molecule has 0 amide bonds. The number of nitrogens with zero attached hydrogens (tertiary/aromatic N) is 1. The van der Waals surface area contributed by atoms with Crippen molar-refractivity contribution in [3.05, 3.63) is 83.4 Å². The minimum absolute atomic E-state index is 0.0490. The summed E-state index contributed by atoms with van der Waals surface area (Å²) < 4.78 is 56.7. The average molecular weight is 537 g/mol. The number of hydrogen-bond acceptors (Lipinski definition) is 7. The van der Waals surface area contributed by atoms with Crippen LogP contribution < -0.4 is 19.1 Å². The van der Waals surface area contributed by atoms with E-state index in [1.165, 1.54) is 4.31 Å². The van der Waals surface area contributed by atoms with Gasteiger partial charge in [-0.1, -0.05) is 42.5 Å². The van der Waals surface area contributed by atoms with Gasteiger partial charge in [0.15, 0.2) is 0 Å². The lowest BCUT2D eigenvalue weighted by Crippen LogP contribution is -2.41. The van der Waals surface area contributed by atoms with Gasteiger partial charge < -0.3 is 23.0 Å². The number of fused-ring (bicyclic) bond motifs is 1. The van der Waals surface area contributed by atoms with Crippen LogP contribution in [0, 0.1) is 0 Å². The van der Waals surface area contributed by atoms with Crippen molar-refractivity contribution in [3.63, 3.8) is 0 Å². The Hall–Kier alpha value is -3.05. The van der Waals surface area contributed by atoms with Crippen molar-refractivity contribution >= 4 is 22.9 Å². The zero-order chi connectivity index (χ0) is 27.1. The second kappa shape index (κ2) is 9.92. The van der Waals surface area contributed by atoms with Gasteiger partial charge in [-0.25, -0.2) is 0 Å². The molecule has 2 heterocycles. The highest BCUT2D eigenvalue weighted by molar-refractivity contribution is 7.84. The van der Waals surface area contributed by atoms with Crippen molar-refractivity contribution < 1.29 is 31.4 Å². The van der Waals surface area contributed by atoms with Crippen LogP contribution in [-0.4, -0.2) is 38.2 Å². The number of methoxy groups -OCH3 is 1. The Balaban J connectivity index is 1.37. The smallest absolute Gasteiger partial charge is 0.494 e. The van der Waals surface area contributed by atoms with E-state index in [1.54, 1.807) is 25.3 Å². The van der Waals surface area contributed by atoms with Crippen molar-refractivity contribution in [1.82, 2.24) is 4.31 Å². The monoisotopic (exact) mass is 537 g/mol. The first-order chi connectivity index (χ1) is 18.0. The van der Waals surface area contributed by atoms with Crippen molar-refractivity contribution in [2.45, 2.75) is 58.6 Å². The molecule has 1 saturated heterocycles. The molecule has 2 aliphatic heterocycles. The lowest BCUT2D eigenvalue weighted by atomic mass is 9.78. The molecule has 0 aromatic heterocycles. The van der Waals surface area contributed by atoms with Crippen LogP contribution in [0.5, 0.6) is 17.2 Å². The van der Waals surface area contributed by atoms with Gasteiger partial charge in [-0.3, -0.25) is 0 Å². The van der Waals surface area contributed by atoms with Crippen LogP contribution in [0.3, 0.4) is 0 Å². The Morgan fingerprint density at radius 1 is 0.947 bits per heavy atom. The van der Waals surface area contributed by atoms with Crippen molar-refractivity contribution in [3.8, 4) is 17.2 Å². The number of benzene rings is 3. The summed E-state index contributed by atoms with van der Waals surface area (Å²) in [4.78, 5) is 0. The van der Waals surface area contributed by atoms with Gasteiger partial charge in [-0.05, 0) is 63.0 Å². The van der Waals surface area contributed by atoms with E-state index in [-0.39, 0.29) is 13.1 Å². The molecule has 38 heavy (non-hydrogen) atoms. The number of ether oxygens (including phenoxy) is 2. The summed E-state index contributed by atoms with van der Waals surface area (Å²) in [6.45, 7) is 8.55. The molecule has 0 bridgehead atoms. The number of hydrogen-bond donors (Lipinski definition) is 0. The van der Waals surface area contributed by atoms with Gasteiger partial charge in [0, 0.05) is 24.2 Å².